The molecule has 0 aliphatic carbocycles. The lowest BCUT2D eigenvalue weighted by atomic mass is 9.89. The van der Waals surface area contributed by atoms with Gasteiger partial charge in [0.15, 0.2) is 5.78 Å². The largest absolute Gasteiger partial charge is 0.324 e. The van der Waals surface area contributed by atoms with Crippen LogP contribution in [-0.4, -0.2) is 29.5 Å². The first kappa shape index (κ1) is 29.1. The third kappa shape index (κ3) is 8.21. The van der Waals surface area contributed by atoms with Gasteiger partial charge in [0.2, 0.25) is 0 Å². The second kappa shape index (κ2) is 14.4. The van der Waals surface area contributed by atoms with Gasteiger partial charge in [-0.2, -0.15) is 0 Å². The highest BCUT2D eigenvalue weighted by Crippen LogP contribution is 2.31. The Bertz CT molecular complexity index is 1080. The van der Waals surface area contributed by atoms with E-state index in [2.05, 4.69) is 81.8 Å². The van der Waals surface area contributed by atoms with Crippen molar-refractivity contribution in [1.29, 1.82) is 0 Å². The number of rotatable bonds is 10. The van der Waals surface area contributed by atoms with Gasteiger partial charge in [-0.3, -0.25) is 4.79 Å². The van der Waals surface area contributed by atoms with Crippen LogP contribution in [0.2, 0.25) is 0 Å². The van der Waals surface area contributed by atoms with Gasteiger partial charge in [0.25, 0.3) is 0 Å². The molecule has 36 heavy (non-hydrogen) atoms. The average Bonchev–Trinajstić information content (AvgIpc) is 2.88. The van der Waals surface area contributed by atoms with E-state index < -0.39 is 0 Å². The molecule has 0 aromatic heterocycles. The van der Waals surface area contributed by atoms with Crippen LogP contribution in [0.15, 0.2) is 88.0 Å². The quantitative estimate of drug-likeness (QED) is 0.156. The molecule has 1 fully saturated rings. The van der Waals surface area contributed by atoms with E-state index in [0.717, 1.165) is 55.6 Å². The Hall–Kier alpha value is -3.16. The number of carbonyl (C=O) groups is 1. The average molecular weight is 486 g/mol. The first-order valence-electron chi connectivity index (χ1n) is 13.1. The Kier molecular flexibility index (Phi) is 11.6. The van der Waals surface area contributed by atoms with Crippen molar-refractivity contribution < 1.29 is 4.79 Å². The number of hydrogen-bond donors (Lipinski definition) is 1. The predicted octanol–water partition coefficient (Wildman–Crippen LogP) is 7.04. The Morgan fingerprint density at radius 2 is 2.00 bits per heavy atom. The lowest BCUT2D eigenvalue weighted by Gasteiger charge is -2.28. The van der Waals surface area contributed by atoms with Crippen molar-refractivity contribution in [2.24, 2.45) is 16.8 Å². The van der Waals surface area contributed by atoms with Crippen LogP contribution in [0.3, 0.4) is 0 Å². The number of piperidine rings is 1. The molecule has 1 N–H and O–H groups in total. The number of terminal acetylenes is 1. The van der Waals surface area contributed by atoms with E-state index in [-0.39, 0.29) is 5.78 Å². The van der Waals surface area contributed by atoms with Gasteiger partial charge in [-0.15, -0.1) is 6.42 Å². The Balaban J connectivity index is 2.48. The van der Waals surface area contributed by atoms with Crippen LogP contribution in [0.1, 0.15) is 67.2 Å². The minimum Gasteiger partial charge on any atom is -0.324 e. The zero-order valence-corrected chi connectivity index (χ0v) is 23.0. The van der Waals surface area contributed by atoms with Crippen molar-refractivity contribution in [3.05, 3.63) is 83.0 Å². The van der Waals surface area contributed by atoms with Gasteiger partial charge in [-0.05, 0) is 94.7 Å². The summed E-state index contributed by atoms with van der Waals surface area (Å²) in [6.07, 6.45) is 23.9. The summed E-state index contributed by atoms with van der Waals surface area (Å²) in [4.78, 5) is 19.0. The molecule has 0 aromatic rings. The van der Waals surface area contributed by atoms with E-state index in [0.29, 0.717) is 23.2 Å². The maximum Gasteiger partial charge on any atom is 0.154 e. The van der Waals surface area contributed by atoms with E-state index in [9.17, 15) is 4.79 Å². The maximum absolute atomic E-state index is 12.2. The minimum atomic E-state index is -0.0763. The standard InChI is InChI=1S/C32H43N3O/c1-9-23(5)24(6)21-35-22-30(20-28(11-3)26(35)8)32(19-25(7)36)34-31(12-4)14-13-27(10-2)29-15-17-33-18-16-29/h4,10,13-14,19-23,29,33H,8-9,11,15-18H2,1-3,5-7H3/b14-13-,24-21-,27-10+,32-19-,34-31+. The molecule has 0 amide bonds. The smallest absolute Gasteiger partial charge is 0.154 e. The number of ketones is 1. The fraction of sp³-hybridized carbons (Fsp3) is 0.438. The summed E-state index contributed by atoms with van der Waals surface area (Å²) in [5.74, 6) is 3.62. The van der Waals surface area contributed by atoms with Crippen molar-refractivity contribution in [1.82, 2.24) is 10.2 Å². The molecule has 2 heterocycles. The van der Waals surface area contributed by atoms with Gasteiger partial charge in [0, 0.05) is 29.7 Å². The van der Waals surface area contributed by atoms with Crippen LogP contribution < -0.4 is 5.32 Å². The molecule has 1 saturated heterocycles. The first-order chi connectivity index (χ1) is 17.2. The SMILES string of the molecule is C#CC(/C=C\C(=C/C)C1CCNCC1)=N\C(=C/C(C)=O)C1=CN(/C=C(/C)C(C)CC)C(=C)C(CC)=C1. The lowest BCUT2D eigenvalue weighted by molar-refractivity contribution is -0.112. The summed E-state index contributed by atoms with van der Waals surface area (Å²) in [7, 11) is 0. The van der Waals surface area contributed by atoms with Gasteiger partial charge in [-0.25, -0.2) is 4.99 Å². The van der Waals surface area contributed by atoms with Crippen molar-refractivity contribution in [3.8, 4) is 12.3 Å². The van der Waals surface area contributed by atoms with E-state index >= 15 is 0 Å². The molecule has 0 spiro atoms. The lowest BCUT2D eigenvalue weighted by Crippen LogP contribution is -2.28. The van der Waals surface area contributed by atoms with Gasteiger partial charge < -0.3 is 10.2 Å². The predicted molar refractivity (Wildman–Crippen MR) is 154 cm³/mol. The van der Waals surface area contributed by atoms with E-state index in [1.807, 2.05) is 12.3 Å². The summed E-state index contributed by atoms with van der Waals surface area (Å²) in [5.41, 5.74) is 6.48. The van der Waals surface area contributed by atoms with E-state index in [4.69, 9.17) is 11.4 Å². The summed E-state index contributed by atoms with van der Waals surface area (Å²) >= 11 is 0. The van der Waals surface area contributed by atoms with Gasteiger partial charge in [0.1, 0.15) is 5.71 Å². The first-order valence-corrected chi connectivity index (χ1v) is 13.1. The van der Waals surface area contributed by atoms with Crippen molar-refractivity contribution in [3.63, 3.8) is 0 Å². The summed E-state index contributed by atoms with van der Waals surface area (Å²) in [5, 5.41) is 3.41. The Morgan fingerprint density at radius 1 is 1.31 bits per heavy atom. The summed E-state index contributed by atoms with van der Waals surface area (Å²) in [6.45, 7) is 18.6. The fourth-order valence-corrected chi connectivity index (χ4v) is 4.35. The van der Waals surface area contributed by atoms with Gasteiger partial charge in [-0.1, -0.05) is 51.0 Å². The molecule has 2 aliphatic heterocycles. The highest BCUT2D eigenvalue weighted by molar-refractivity contribution is 6.09. The molecular weight excluding hydrogens is 442 g/mol. The summed E-state index contributed by atoms with van der Waals surface area (Å²) < 4.78 is 0. The molecule has 4 heteroatoms. The Morgan fingerprint density at radius 3 is 2.56 bits per heavy atom. The number of nitrogens with one attached hydrogen (secondary N) is 1. The fourth-order valence-electron chi connectivity index (χ4n) is 4.35. The highest BCUT2D eigenvalue weighted by atomic mass is 16.1. The molecule has 2 aliphatic rings. The monoisotopic (exact) mass is 485 g/mol. The zero-order valence-electron chi connectivity index (χ0n) is 23.0. The molecule has 0 aromatic carbocycles. The molecule has 4 nitrogen and oxygen atoms in total. The van der Waals surface area contributed by atoms with Crippen molar-refractivity contribution in [2.45, 2.75) is 67.2 Å². The van der Waals surface area contributed by atoms with Gasteiger partial charge >= 0.3 is 0 Å². The van der Waals surface area contributed by atoms with Crippen LogP contribution in [0.5, 0.6) is 0 Å². The normalized spacial score (nSPS) is 19.8. The van der Waals surface area contributed by atoms with E-state index in [1.165, 1.54) is 18.1 Å². The molecule has 0 bridgehead atoms. The van der Waals surface area contributed by atoms with Gasteiger partial charge in [0.05, 0.1) is 5.70 Å². The number of hydrogen-bond acceptors (Lipinski definition) is 4. The minimum absolute atomic E-state index is 0.0763. The number of allylic oxidation sites excluding steroid dienone is 8. The van der Waals surface area contributed by atoms with Crippen LogP contribution in [0.4, 0.5) is 0 Å². The number of carbonyl (C=O) groups excluding carboxylic acids is 1. The number of aliphatic imine (C=N–C) groups is 1. The second-order valence-corrected chi connectivity index (χ2v) is 9.57. The van der Waals surface area contributed by atoms with Crippen LogP contribution in [-0.2, 0) is 4.79 Å². The third-order valence-electron chi connectivity index (χ3n) is 7.01. The highest BCUT2D eigenvalue weighted by Gasteiger charge is 2.18. The molecule has 1 atom stereocenters. The van der Waals surface area contributed by atoms with Crippen molar-refractivity contribution in [2.75, 3.05) is 13.1 Å². The molecular formula is C32H43N3O. The maximum atomic E-state index is 12.2. The second-order valence-electron chi connectivity index (χ2n) is 9.57. The molecule has 2 rings (SSSR count). The summed E-state index contributed by atoms with van der Waals surface area (Å²) in [6, 6.07) is 0. The molecule has 0 radical (unpaired) electrons. The van der Waals surface area contributed by atoms with Crippen LogP contribution in [0.25, 0.3) is 0 Å². The van der Waals surface area contributed by atoms with Crippen molar-refractivity contribution >= 4 is 11.5 Å². The van der Waals surface area contributed by atoms with Crippen LogP contribution >= 0.6 is 0 Å². The number of nitrogens with zero attached hydrogens (tertiary/aromatic N) is 2. The Labute approximate surface area is 219 Å². The third-order valence-corrected chi connectivity index (χ3v) is 7.01. The molecule has 192 valence electrons. The van der Waals surface area contributed by atoms with Crippen LogP contribution in [0, 0.1) is 24.2 Å². The molecule has 1 unspecified atom stereocenters. The zero-order chi connectivity index (χ0) is 26.7. The molecule has 0 saturated carbocycles. The van der Waals surface area contributed by atoms with E-state index in [1.54, 1.807) is 6.08 Å². The topological polar surface area (TPSA) is 44.7 Å².